The first-order valence-corrected chi connectivity index (χ1v) is 12.1. The lowest BCUT2D eigenvalue weighted by atomic mass is 9.96. The number of fused-ring (bicyclic) bond motifs is 5. The molecule has 0 fully saturated rings. The summed E-state index contributed by atoms with van der Waals surface area (Å²) >= 11 is 2.78. The van der Waals surface area contributed by atoms with Crippen molar-refractivity contribution in [1.29, 1.82) is 0 Å². The highest BCUT2D eigenvalue weighted by Gasteiger charge is 2.30. The van der Waals surface area contributed by atoms with Crippen LogP contribution in [0.3, 0.4) is 0 Å². The minimum Gasteiger partial charge on any atom is -0.468 e. The van der Waals surface area contributed by atoms with Gasteiger partial charge in [-0.05, 0) is 23.6 Å². The highest BCUT2D eigenvalue weighted by Crippen LogP contribution is 2.37. The molecule has 0 saturated heterocycles. The number of thiophene rings is 1. The quantitative estimate of drug-likeness (QED) is 0.326. The van der Waals surface area contributed by atoms with Gasteiger partial charge in [-0.2, -0.15) is 0 Å². The van der Waals surface area contributed by atoms with Crippen molar-refractivity contribution in [3.63, 3.8) is 0 Å². The molecule has 0 spiro atoms. The molecule has 4 aromatic rings. The molecule has 0 N–H and O–H groups in total. The number of ether oxygens (including phenoxy) is 2. The molecule has 0 amide bonds. The summed E-state index contributed by atoms with van der Waals surface area (Å²) in [6.07, 6.45) is 0.754. The average Bonchev–Trinajstić information content (AvgIpc) is 3.39. The minimum absolute atomic E-state index is 0.0645. The van der Waals surface area contributed by atoms with Gasteiger partial charge in [-0.1, -0.05) is 43.8 Å². The predicted molar refractivity (Wildman–Crippen MR) is 124 cm³/mol. The zero-order valence-corrected chi connectivity index (χ0v) is 19.5. The molecule has 3 aromatic heterocycles. The average molecular weight is 471 g/mol. The zero-order valence-electron chi connectivity index (χ0n) is 17.9. The lowest BCUT2D eigenvalue weighted by molar-refractivity contribution is -0.137. The van der Waals surface area contributed by atoms with Gasteiger partial charge < -0.3 is 9.47 Å². The molecule has 5 rings (SSSR count). The van der Waals surface area contributed by atoms with Gasteiger partial charge in [0.1, 0.15) is 4.83 Å². The third kappa shape index (κ3) is 3.42. The third-order valence-electron chi connectivity index (χ3n) is 5.65. The molecule has 0 bridgehead atoms. The van der Waals surface area contributed by atoms with E-state index in [2.05, 4.69) is 24.0 Å². The summed E-state index contributed by atoms with van der Waals surface area (Å²) in [4.78, 5) is 27.4. The van der Waals surface area contributed by atoms with Crippen molar-refractivity contribution in [3.05, 3.63) is 51.1 Å². The van der Waals surface area contributed by atoms with E-state index in [0.717, 1.165) is 15.3 Å². The van der Waals surface area contributed by atoms with E-state index >= 15 is 0 Å². The molecule has 4 heterocycles. The molecule has 0 saturated carbocycles. The molecule has 1 aromatic carbocycles. The summed E-state index contributed by atoms with van der Waals surface area (Å²) in [7, 11) is 1.36. The van der Waals surface area contributed by atoms with Gasteiger partial charge in [0, 0.05) is 11.3 Å². The van der Waals surface area contributed by atoms with Crippen LogP contribution >= 0.6 is 23.1 Å². The van der Waals surface area contributed by atoms with Crippen LogP contribution in [0.25, 0.3) is 21.7 Å². The fourth-order valence-corrected chi connectivity index (χ4v) is 6.02. The Hall–Kier alpha value is -2.69. The first-order valence-electron chi connectivity index (χ1n) is 10.3. The van der Waals surface area contributed by atoms with Gasteiger partial charge in [0.2, 0.25) is 5.78 Å². The largest absolute Gasteiger partial charge is 0.468 e. The Morgan fingerprint density at radius 1 is 1.31 bits per heavy atom. The Kier molecular flexibility index (Phi) is 5.52. The topological polar surface area (TPSA) is 87.7 Å². The third-order valence-corrected chi connectivity index (χ3v) is 7.74. The van der Waals surface area contributed by atoms with Gasteiger partial charge in [-0.15, -0.1) is 21.5 Å². The number of methoxy groups -OCH3 is 1. The highest BCUT2D eigenvalue weighted by molar-refractivity contribution is 7.99. The lowest BCUT2D eigenvalue weighted by Gasteiger charge is -2.26. The maximum absolute atomic E-state index is 13.8. The summed E-state index contributed by atoms with van der Waals surface area (Å²) in [6, 6.07) is 9.43. The van der Waals surface area contributed by atoms with E-state index in [9.17, 15) is 9.59 Å². The monoisotopic (exact) mass is 470 g/mol. The number of hydrogen-bond acceptors (Lipinski definition) is 8. The number of hydrogen-bond donors (Lipinski definition) is 0. The molecule has 8 nitrogen and oxygen atoms in total. The Balaban J connectivity index is 1.80. The summed E-state index contributed by atoms with van der Waals surface area (Å²) in [5.74, 6) is 0.519. The van der Waals surface area contributed by atoms with Crippen LogP contribution in [-0.4, -0.2) is 44.1 Å². The van der Waals surface area contributed by atoms with Gasteiger partial charge in [0.25, 0.3) is 5.56 Å². The van der Waals surface area contributed by atoms with Crippen LogP contribution in [-0.2, 0) is 27.3 Å². The highest BCUT2D eigenvalue weighted by atomic mass is 32.2. The number of rotatable bonds is 5. The predicted octanol–water partition coefficient (Wildman–Crippen LogP) is 3.46. The van der Waals surface area contributed by atoms with Crippen LogP contribution < -0.4 is 5.56 Å². The number of aromatic nitrogens is 4. The molecule has 166 valence electrons. The van der Waals surface area contributed by atoms with Crippen LogP contribution in [0.1, 0.15) is 24.3 Å². The molecule has 0 radical (unpaired) electrons. The van der Waals surface area contributed by atoms with Crippen LogP contribution in [0.15, 0.2) is 40.3 Å². The fraction of sp³-hybridized carbons (Fsp3) is 0.364. The maximum Gasteiger partial charge on any atom is 0.316 e. The zero-order chi connectivity index (χ0) is 22.4. The van der Waals surface area contributed by atoms with E-state index in [1.54, 1.807) is 4.57 Å². The molecule has 32 heavy (non-hydrogen) atoms. The van der Waals surface area contributed by atoms with Gasteiger partial charge in [0.15, 0.2) is 5.16 Å². The molecular formula is C22H22N4O4S2. The van der Waals surface area contributed by atoms with Gasteiger partial charge >= 0.3 is 5.97 Å². The van der Waals surface area contributed by atoms with Crippen molar-refractivity contribution in [2.75, 3.05) is 12.9 Å². The normalized spacial score (nSPS) is 16.1. The van der Waals surface area contributed by atoms with Gasteiger partial charge in [0.05, 0.1) is 36.6 Å². The number of esters is 1. The van der Waals surface area contributed by atoms with Crippen molar-refractivity contribution in [2.24, 2.45) is 5.92 Å². The van der Waals surface area contributed by atoms with E-state index in [0.29, 0.717) is 41.0 Å². The number of carbonyl (C=O) groups excluding carboxylic acids is 1. The lowest BCUT2D eigenvalue weighted by Crippen LogP contribution is -2.28. The summed E-state index contributed by atoms with van der Waals surface area (Å²) < 4.78 is 14.3. The molecule has 1 aliphatic rings. The second kappa shape index (κ2) is 8.34. The second-order valence-corrected chi connectivity index (χ2v) is 9.97. The first-order chi connectivity index (χ1) is 15.5. The Bertz CT molecular complexity index is 1370. The van der Waals surface area contributed by atoms with E-state index in [4.69, 9.17) is 9.47 Å². The standard InChI is InChI=1S/C22H22N4O4S2/c1-12(2)15-9-14-16(10-30-15)32-20-18(14)19(28)25(13-7-5-4-6-8-13)21-23-24-22(26(20)21)31-11-17(27)29-3/h4-8,12,15H,9-11H2,1-3H3/t15-/m1/s1. The van der Waals surface area contributed by atoms with Crippen molar-refractivity contribution >= 4 is 45.1 Å². The number of benzene rings is 1. The summed E-state index contributed by atoms with van der Waals surface area (Å²) in [5, 5.41) is 9.87. The van der Waals surface area contributed by atoms with Crippen molar-refractivity contribution in [2.45, 2.75) is 38.1 Å². The molecule has 1 aliphatic heterocycles. The van der Waals surface area contributed by atoms with Crippen molar-refractivity contribution < 1.29 is 14.3 Å². The van der Waals surface area contributed by atoms with Crippen LogP contribution in [0.5, 0.6) is 0 Å². The van der Waals surface area contributed by atoms with Crippen LogP contribution in [0, 0.1) is 5.92 Å². The Morgan fingerprint density at radius 3 is 2.81 bits per heavy atom. The molecule has 0 unspecified atom stereocenters. The molecule has 1 atom stereocenters. The van der Waals surface area contributed by atoms with Gasteiger partial charge in [-0.25, -0.2) is 8.97 Å². The summed E-state index contributed by atoms with van der Waals surface area (Å²) in [5.41, 5.74) is 1.65. The molecular weight excluding hydrogens is 448 g/mol. The van der Waals surface area contributed by atoms with Crippen molar-refractivity contribution in [1.82, 2.24) is 19.2 Å². The SMILES string of the molecule is COC(=O)CSc1nnc2n(-c3ccccc3)c(=O)c3c4c(sc3n12)CO[C@@H](C(C)C)C4. The smallest absolute Gasteiger partial charge is 0.316 e. The fourth-order valence-electron chi connectivity index (χ4n) is 3.95. The van der Waals surface area contributed by atoms with E-state index in [-0.39, 0.29) is 23.4 Å². The molecule has 0 aliphatic carbocycles. The maximum atomic E-state index is 13.8. The molecule has 10 heteroatoms. The van der Waals surface area contributed by atoms with Crippen molar-refractivity contribution in [3.8, 4) is 5.69 Å². The minimum atomic E-state index is -0.349. The van der Waals surface area contributed by atoms with Gasteiger partial charge in [-0.3, -0.25) is 9.59 Å². The van der Waals surface area contributed by atoms with Crippen LogP contribution in [0.4, 0.5) is 0 Å². The van der Waals surface area contributed by atoms with E-state index in [1.165, 1.54) is 30.2 Å². The second-order valence-electron chi connectivity index (χ2n) is 7.94. The first kappa shape index (κ1) is 21.2. The van der Waals surface area contributed by atoms with E-state index in [1.807, 2.05) is 34.7 Å². The van der Waals surface area contributed by atoms with Crippen LogP contribution in [0.2, 0.25) is 0 Å². The Morgan fingerprint density at radius 2 is 2.09 bits per heavy atom. The number of carbonyl (C=O) groups is 1. The Labute approximate surface area is 192 Å². The van der Waals surface area contributed by atoms with E-state index < -0.39 is 0 Å². The number of thioether (sulfide) groups is 1. The summed E-state index contributed by atoms with van der Waals surface area (Å²) in [6.45, 7) is 4.74. The number of para-hydroxylation sites is 1. The number of nitrogens with zero attached hydrogens (tertiary/aromatic N) is 4.